The lowest BCUT2D eigenvalue weighted by molar-refractivity contribution is -0.135. The molecule has 0 spiro atoms. The van der Waals surface area contributed by atoms with Gasteiger partial charge >= 0.3 is 5.97 Å². The largest absolute Gasteiger partial charge is 0.480 e. The van der Waals surface area contributed by atoms with E-state index in [0.29, 0.717) is 10.2 Å². The van der Waals surface area contributed by atoms with Gasteiger partial charge in [-0.05, 0) is 24.6 Å². The molecule has 6 heteroatoms. The molecule has 0 aliphatic rings. The fourth-order valence-corrected chi connectivity index (χ4v) is 2.96. The molecule has 0 aliphatic heterocycles. The highest BCUT2D eigenvalue weighted by atomic mass is 35.5. The Hall–Kier alpha value is -1.33. The summed E-state index contributed by atoms with van der Waals surface area (Å²) in [6.07, 6.45) is 0. The number of fused-ring (bicyclic) bond motifs is 1. The lowest BCUT2D eigenvalue weighted by Gasteiger charge is -2.11. The first-order valence-electron chi connectivity index (χ1n) is 4.97. The summed E-state index contributed by atoms with van der Waals surface area (Å²) in [6.45, 7) is 1.88. The molecular weight excluding hydrogens is 260 g/mol. The maximum Gasteiger partial charge on any atom is 0.323 e. The van der Waals surface area contributed by atoms with Gasteiger partial charge in [0.25, 0.3) is 0 Å². The van der Waals surface area contributed by atoms with Crippen LogP contribution in [0.25, 0.3) is 10.2 Å². The Morgan fingerprint density at radius 3 is 2.94 bits per heavy atom. The number of aromatic nitrogens is 1. The van der Waals surface area contributed by atoms with Crippen LogP contribution in [0.4, 0.5) is 5.13 Å². The zero-order valence-electron chi connectivity index (χ0n) is 9.40. The van der Waals surface area contributed by atoms with Crippen LogP contribution in [0.5, 0.6) is 0 Å². The van der Waals surface area contributed by atoms with Crippen LogP contribution in [0.3, 0.4) is 0 Å². The van der Waals surface area contributed by atoms with Crippen LogP contribution in [0.1, 0.15) is 5.56 Å². The van der Waals surface area contributed by atoms with Crippen molar-refractivity contribution in [2.75, 3.05) is 18.5 Å². The van der Waals surface area contributed by atoms with Crippen LogP contribution in [-0.4, -0.2) is 29.7 Å². The second kappa shape index (κ2) is 4.50. The molecular formula is C11H11ClN2O2S. The Bertz CT molecular complexity index is 582. The number of aliphatic carboxylic acids is 1. The SMILES string of the molecule is Cc1cc(Cl)cc2sc(N(C)CC(=O)O)nc12. The Balaban J connectivity index is 2.44. The fraction of sp³-hybridized carbons (Fsp3) is 0.273. The second-order valence-electron chi connectivity index (χ2n) is 3.82. The maximum atomic E-state index is 10.6. The van der Waals surface area contributed by atoms with Crippen molar-refractivity contribution >= 4 is 44.3 Å². The number of aryl methyl sites for hydroxylation is 1. The number of hydrogen-bond acceptors (Lipinski definition) is 4. The van der Waals surface area contributed by atoms with E-state index in [1.165, 1.54) is 11.3 Å². The third kappa shape index (κ3) is 2.50. The number of carboxylic acids is 1. The van der Waals surface area contributed by atoms with E-state index < -0.39 is 5.97 Å². The number of thiazole rings is 1. The number of carboxylic acid groups (broad SMARTS) is 1. The van der Waals surface area contributed by atoms with Gasteiger partial charge < -0.3 is 10.0 Å². The summed E-state index contributed by atoms with van der Waals surface area (Å²) < 4.78 is 0.974. The lowest BCUT2D eigenvalue weighted by Crippen LogP contribution is -2.24. The minimum atomic E-state index is -0.874. The van der Waals surface area contributed by atoms with Gasteiger partial charge in [0.15, 0.2) is 5.13 Å². The smallest absolute Gasteiger partial charge is 0.323 e. The van der Waals surface area contributed by atoms with E-state index in [1.54, 1.807) is 11.9 Å². The summed E-state index contributed by atoms with van der Waals surface area (Å²) in [6, 6.07) is 3.70. The Labute approximate surface area is 107 Å². The van der Waals surface area contributed by atoms with Crippen LogP contribution in [0.15, 0.2) is 12.1 Å². The molecule has 1 N–H and O–H groups in total. The van der Waals surface area contributed by atoms with Crippen molar-refractivity contribution in [1.29, 1.82) is 0 Å². The van der Waals surface area contributed by atoms with E-state index in [1.807, 2.05) is 19.1 Å². The summed E-state index contributed by atoms with van der Waals surface area (Å²) in [7, 11) is 1.71. The third-order valence-corrected chi connectivity index (χ3v) is 3.67. The minimum absolute atomic E-state index is 0.0629. The fourth-order valence-electron chi connectivity index (χ4n) is 1.58. The van der Waals surface area contributed by atoms with Gasteiger partial charge in [-0.2, -0.15) is 0 Å². The Morgan fingerprint density at radius 1 is 1.59 bits per heavy atom. The first-order chi connectivity index (χ1) is 7.97. The molecule has 0 radical (unpaired) electrons. The molecule has 0 amide bonds. The Kier molecular flexibility index (Phi) is 3.22. The zero-order chi connectivity index (χ0) is 12.6. The summed E-state index contributed by atoms with van der Waals surface area (Å²) in [5, 5.41) is 10.1. The normalized spacial score (nSPS) is 10.8. The van der Waals surface area contributed by atoms with E-state index in [4.69, 9.17) is 16.7 Å². The number of hydrogen-bond donors (Lipinski definition) is 1. The van der Waals surface area contributed by atoms with Gasteiger partial charge in [-0.3, -0.25) is 4.79 Å². The van der Waals surface area contributed by atoms with Gasteiger partial charge in [0.2, 0.25) is 0 Å². The average Bonchev–Trinajstić information content (AvgIpc) is 2.60. The van der Waals surface area contributed by atoms with Crippen molar-refractivity contribution in [1.82, 2.24) is 4.98 Å². The maximum absolute atomic E-state index is 10.6. The number of anilines is 1. The molecule has 90 valence electrons. The van der Waals surface area contributed by atoms with Crippen molar-refractivity contribution in [2.24, 2.45) is 0 Å². The Morgan fingerprint density at radius 2 is 2.29 bits per heavy atom. The van der Waals surface area contributed by atoms with Gasteiger partial charge in [0.1, 0.15) is 6.54 Å². The number of benzene rings is 1. The molecule has 2 rings (SSSR count). The molecule has 0 atom stereocenters. The highest BCUT2D eigenvalue weighted by molar-refractivity contribution is 7.22. The van der Waals surface area contributed by atoms with Crippen molar-refractivity contribution in [3.05, 3.63) is 22.7 Å². The monoisotopic (exact) mass is 270 g/mol. The van der Waals surface area contributed by atoms with Gasteiger partial charge in [-0.25, -0.2) is 4.98 Å². The number of likely N-dealkylation sites (N-methyl/N-ethyl adjacent to an activating group) is 1. The summed E-state index contributed by atoms with van der Waals surface area (Å²) in [5.74, 6) is -0.874. The minimum Gasteiger partial charge on any atom is -0.480 e. The summed E-state index contributed by atoms with van der Waals surface area (Å²) in [5.41, 5.74) is 1.88. The molecule has 1 aromatic carbocycles. The summed E-state index contributed by atoms with van der Waals surface area (Å²) >= 11 is 7.41. The third-order valence-electron chi connectivity index (χ3n) is 2.34. The molecule has 0 saturated carbocycles. The highest BCUT2D eigenvalue weighted by Gasteiger charge is 2.12. The van der Waals surface area contributed by atoms with Crippen molar-refractivity contribution in [3.63, 3.8) is 0 Å². The van der Waals surface area contributed by atoms with Crippen LogP contribution < -0.4 is 4.90 Å². The number of rotatable bonds is 3. The zero-order valence-corrected chi connectivity index (χ0v) is 11.0. The predicted molar refractivity (Wildman–Crippen MR) is 70.3 cm³/mol. The van der Waals surface area contributed by atoms with Crippen LogP contribution in [0.2, 0.25) is 5.02 Å². The molecule has 1 aromatic heterocycles. The quantitative estimate of drug-likeness (QED) is 0.932. The predicted octanol–water partition coefficient (Wildman–Crippen LogP) is 2.78. The standard InChI is InChI=1S/C11H11ClN2O2S/c1-6-3-7(12)4-8-10(6)13-11(17-8)14(2)5-9(15)16/h3-4H,5H2,1-2H3,(H,15,16). The molecule has 2 aromatic rings. The van der Waals surface area contributed by atoms with Crippen LogP contribution >= 0.6 is 22.9 Å². The lowest BCUT2D eigenvalue weighted by atomic mass is 10.2. The van der Waals surface area contributed by atoms with Gasteiger partial charge in [-0.15, -0.1) is 0 Å². The van der Waals surface area contributed by atoms with Crippen molar-refractivity contribution < 1.29 is 9.90 Å². The summed E-state index contributed by atoms with van der Waals surface area (Å²) in [4.78, 5) is 16.7. The average molecular weight is 271 g/mol. The number of carbonyl (C=O) groups is 1. The first kappa shape index (κ1) is 12.1. The highest BCUT2D eigenvalue weighted by Crippen LogP contribution is 2.32. The molecule has 4 nitrogen and oxygen atoms in total. The van der Waals surface area contributed by atoms with Gasteiger partial charge in [-0.1, -0.05) is 22.9 Å². The van der Waals surface area contributed by atoms with E-state index in [2.05, 4.69) is 4.98 Å². The van der Waals surface area contributed by atoms with E-state index in [-0.39, 0.29) is 6.54 Å². The van der Waals surface area contributed by atoms with Gasteiger partial charge in [0.05, 0.1) is 10.2 Å². The molecule has 0 unspecified atom stereocenters. The first-order valence-corrected chi connectivity index (χ1v) is 6.16. The van der Waals surface area contributed by atoms with Crippen LogP contribution in [0, 0.1) is 6.92 Å². The molecule has 0 fully saturated rings. The molecule has 0 saturated heterocycles. The molecule has 0 aliphatic carbocycles. The number of halogens is 1. The molecule has 0 bridgehead atoms. The molecule has 1 heterocycles. The van der Waals surface area contributed by atoms with Crippen LogP contribution in [-0.2, 0) is 4.79 Å². The van der Waals surface area contributed by atoms with Gasteiger partial charge in [0, 0.05) is 12.1 Å². The van der Waals surface area contributed by atoms with E-state index in [9.17, 15) is 4.79 Å². The van der Waals surface area contributed by atoms with Crippen molar-refractivity contribution in [2.45, 2.75) is 6.92 Å². The second-order valence-corrected chi connectivity index (χ2v) is 5.26. The molecule has 17 heavy (non-hydrogen) atoms. The van der Waals surface area contributed by atoms with Crippen molar-refractivity contribution in [3.8, 4) is 0 Å². The topological polar surface area (TPSA) is 53.4 Å². The number of nitrogens with zero attached hydrogens (tertiary/aromatic N) is 2. The van der Waals surface area contributed by atoms with E-state index >= 15 is 0 Å². The van der Waals surface area contributed by atoms with E-state index in [0.717, 1.165) is 15.8 Å².